The molecule has 1 aromatic carbocycles. The summed E-state index contributed by atoms with van der Waals surface area (Å²) in [4.78, 5) is 34.3. The van der Waals surface area contributed by atoms with Crippen LogP contribution in [0.4, 0.5) is 0 Å². The van der Waals surface area contributed by atoms with Gasteiger partial charge in [0, 0.05) is 40.4 Å². The van der Waals surface area contributed by atoms with E-state index in [4.69, 9.17) is 4.99 Å². The second-order valence-corrected chi connectivity index (χ2v) is 9.73. The van der Waals surface area contributed by atoms with E-state index in [1.807, 2.05) is 35.8 Å². The summed E-state index contributed by atoms with van der Waals surface area (Å²) >= 11 is 1.63. The Kier molecular flexibility index (Phi) is 5.86. The highest BCUT2D eigenvalue weighted by atomic mass is 32.1. The third-order valence-electron chi connectivity index (χ3n) is 6.20. The Bertz CT molecular complexity index is 1470. The van der Waals surface area contributed by atoms with E-state index in [1.54, 1.807) is 35.9 Å². The lowest BCUT2D eigenvalue weighted by Gasteiger charge is -2.11. The predicted molar refractivity (Wildman–Crippen MR) is 133 cm³/mol. The zero-order valence-electron chi connectivity index (χ0n) is 19.5. The van der Waals surface area contributed by atoms with Crippen LogP contribution < -0.4 is 0 Å². The fraction of sp³-hybridized carbons (Fsp3) is 0.231. The number of nitrogens with zero attached hydrogens (tertiary/aromatic N) is 5. The van der Waals surface area contributed by atoms with Crippen LogP contribution in [-0.2, 0) is 11.2 Å². The number of aliphatic carboxylic acids is 1. The van der Waals surface area contributed by atoms with E-state index in [1.165, 1.54) is 0 Å². The summed E-state index contributed by atoms with van der Waals surface area (Å²) in [7, 11) is 0. The number of benzene rings is 1. The number of aliphatic imine (C=N–C) groups is 1. The van der Waals surface area contributed by atoms with Crippen molar-refractivity contribution in [3.63, 3.8) is 0 Å². The second kappa shape index (κ2) is 8.99. The maximum absolute atomic E-state index is 12.6. The molecule has 0 spiro atoms. The summed E-state index contributed by atoms with van der Waals surface area (Å²) in [5, 5.41) is 19.0. The van der Waals surface area contributed by atoms with Crippen molar-refractivity contribution in [2.75, 3.05) is 0 Å². The maximum atomic E-state index is 12.6. The number of pyridine rings is 1. The van der Waals surface area contributed by atoms with Gasteiger partial charge in [-0.3, -0.25) is 24.1 Å². The number of thiophene rings is 1. The van der Waals surface area contributed by atoms with E-state index in [0.717, 1.165) is 37.8 Å². The second-order valence-electron chi connectivity index (χ2n) is 8.53. The highest BCUT2D eigenvalue weighted by Crippen LogP contribution is 2.39. The zero-order chi connectivity index (χ0) is 24.7. The molecule has 1 aliphatic heterocycles. The fourth-order valence-corrected chi connectivity index (χ4v) is 5.51. The summed E-state index contributed by atoms with van der Waals surface area (Å²) in [6.07, 6.45) is 3.31. The molecule has 0 amide bonds. The molecule has 35 heavy (non-hydrogen) atoms. The van der Waals surface area contributed by atoms with Gasteiger partial charge >= 0.3 is 5.97 Å². The molecule has 0 aliphatic carbocycles. The minimum Gasteiger partial charge on any atom is -0.481 e. The number of carboxylic acid groups (broad SMARTS) is 1. The molecule has 0 saturated carbocycles. The quantitative estimate of drug-likeness (QED) is 0.404. The topological polar surface area (TPSA) is 110 Å². The first kappa shape index (κ1) is 22.8. The molecule has 0 fully saturated rings. The van der Waals surface area contributed by atoms with Crippen LogP contribution in [0.2, 0.25) is 0 Å². The van der Waals surface area contributed by atoms with Gasteiger partial charge in [0.15, 0.2) is 11.6 Å². The van der Waals surface area contributed by atoms with Crippen LogP contribution in [0, 0.1) is 20.8 Å². The van der Waals surface area contributed by atoms with Crippen LogP contribution in [0.5, 0.6) is 0 Å². The average Bonchev–Trinajstić information content (AvgIpc) is 3.32. The maximum Gasteiger partial charge on any atom is 0.306 e. The molecule has 3 aromatic heterocycles. The lowest BCUT2D eigenvalue weighted by atomic mass is 9.97. The molecule has 1 aliphatic rings. The van der Waals surface area contributed by atoms with Crippen LogP contribution in [0.1, 0.15) is 61.6 Å². The number of fused-ring (bicyclic) bond motifs is 3. The van der Waals surface area contributed by atoms with Crippen molar-refractivity contribution in [3.8, 4) is 5.00 Å². The zero-order valence-corrected chi connectivity index (χ0v) is 20.3. The monoisotopic (exact) mass is 485 g/mol. The summed E-state index contributed by atoms with van der Waals surface area (Å²) in [5.41, 5.74) is 5.16. The average molecular weight is 486 g/mol. The number of carbonyl (C=O) groups is 2. The highest BCUT2D eigenvalue weighted by molar-refractivity contribution is 7.15. The van der Waals surface area contributed by atoms with Crippen molar-refractivity contribution in [1.82, 2.24) is 19.7 Å². The molecule has 1 N–H and O–H groups in total. The van der Waals surface area contributed by atoms with Gasteiger partial charge in [0.25, 0.3) is 0 Å². The van der Waals surface area contributed by atoms with Gasteiger partial charge in [-0.1, -0.05) is 24.3 Å². The fourth-order valence-electron chi connectivity index (χ4n) is 4.30. The normalized spacial score (nSPS) is 14.6. The van der Waals surface area contributed by atoms with Crippen molar-refractivity contribution >= 4 is 28.8 Å². The molecule has 0 bridgehead atoms. The molecule has 8 nitrogen and oxygen atoms in total. The van der Waals surface area contributed by atoms with Gasteiger partial charge in [0.1, 0.15) is 16.9 Å². The smallest absolute Gasteiger partial charge is 0.306 e. The van der Waals surface area contributed by atoms with Gasteiger partial charge in [-0.05, 0) is 44.0 Å². The van der Waals surface area contributed by atoms with Gasteiger partial charge in [0.2, 0.25) is 0 Å². The highest BCUT2D eigenvalue weighted by Gasteiger charge is 2.32. The Balaban J connectivity index is 1.57. The van der Waals surface area contributed by atoms with E-state index >= 15 is 0 Å². The number of aryl methyl sites for hydroxylation is 2. The molecule has 4 heterocycles. The van der Waals surface area contributed by atoms with E-state index < -0.39 is 12.0 Å². The minimum absolute atomic E-state index is 0.0217. The number of aromatic nitrogens is 4. The molecule has 9 heteroatoms. The van der Waals surface area contributed by atoms with Gasteiger partial charge in [-0.25, -0.2) is 0 Å². The summed E-state index contributed by atoms with van der Waals surface area (Å²) in [6.45, 7) is 5.98. The van der Waals surface area contributed by atoms with Gasteiger partial charge < -0.3 is 5.11 Å². The lowest BCUT2D eigenvalue weighted by Crippen LogP contribution is -2.11. The molecule has 0 radical (unpaired) electrons. The first-order valence-corrected chi connectivity index (χ1v) is 12.0. The Labute approximate surface area is 206 Å². The summed E-state index contributed by atoms with van der Waals surface area (Å²) in [6, 6.07) is 10.5. The molecule has 0 unspecified atom stereocenters. The van der Waals surface area contributed by atoms with Crippen molar-refractivity contribution in [3.05, 3.63) is 93.1 Å². The van der Waals surface area contributed by atoms with Crippen LogP contribution in [0.3, 0.4) is 0 Å². The number of hydrogen-bond donors (Lipinski definition) is 1. The number of ketones is 1. The van der Waals surface area contributed by atoms with E-state index in [9.17, 15) is 14.7 Å². The first-order valence-electron chi connectivity index (χ1n) is 11.2. The third kappa shape index (κ3) is 4.19. The van der Waals surface area contributed by atoms with Gasteiger partial charge in [-0.15, -0.1) is 21.5 Å². The molecular formula is C26H23N5O3S. The molecule has 176 valence electrons. The van der Waals surface area contributed by atoms with Gasteiger partial charge in [-0.2, -0.15) is 0 Å². The summed E-state index contributed by atoms with van der Waals surface area (Å²) < 4.78 is 1.94. The standard InChI is InChI=1S/C26H23N5O3S/c1-14-15(2)35-26-23(14)24(28-20(13-22(33)34)25-30-29-16(3)31(25)26)19-6-4-17(5-7-19)12-21(32)18-8-10-27-11-9-18/h4-11,20H,12-13H2,1-3H3,(H,33,34)/t20-/m0/s1. The van der Waals surface area contributed by atoms with Crippen molar-refractivity contribution in [1.29, 1.82) is 0 Å². The van der Waals surface area contributed by atoms with Crippen molar-refractivity contribution < 1.29 is 14.7 Å². The summed E-state index contributed by atoms with van der Waals surface area (Å²) in [5.74, 6) is 0.295. The largest absolute Gasteiger partial charge is 0.481 e. The van der Waals surface area contributed by atoms with E-state index in [0.29, 0.717) is 17.2 Å². The molecule has 1 atom stereocenters. The third-order valence-corrected chi connectivity index (χ3v) is 7.39. The van der Waals surface area contributed by atoms with Gasteiger partial charge in [0.05, 0.1) is 12.1 Å². The van der Waals surface area contributed by atoms with E-state index in [-0.39, 0.29) is 18.6 Å². The number of Topliss-reactive ketones (excluding diaryl/α,β-unsaturated/α-hetero) is 1. The molecule has 0 saturated heterocycles. The molecule has 5 rings (SSSR count). The number of rotatable bonds is 6. The first-order chi connectivity index (χ1) is 16.8. The minimum atomic E-state index is -0.951. The van der Waals surface area contributed by atoms with E-state index in [2.05, 4.69) is 29.0 Å². The lowest BCUT2D eigenvalue weighted by molar-refractivity contribution is -0.137. The van der Waals surface area contributed by atoms with Crippen LogP contribution >= 0.6 is 11.3 Å². The number of carbonyl (C=O) groups excluding carboxylic acids is 1. The number of hydrogen-bond acceptors (Lipinski definition) is 7. The van der Waals surface area contributed by atoms with Crippen LogP contribution in [0.25, 0.3) is 5.00 Å². The van der Waals surface area contributed by atoms with Crippen LogP contribution in [0.15, 0.2) is 53.8 Å². The van der Waals surface area contributed by atoms with Crippen molar-refractivity contribution in [2.24, 2.45) is 4.99 Å². The predicted octanol–water partition coefficient (Wildman–Crippen LogP) is 4.44. The SMILES string of the molecule is Cc1sc2c(c1C)C(c1ccc(CC(=O)c3ccncc3)cc1)=N[C@@H](CC(=O)O)c1nnc(C)n1-2. The van der Waals surface area contributed by atoms with Crippen LogP contribution in [-0.4, -0.2) is 42.3 Å². The number of carboxylic acids is 1. The Morgan fingerprint density at radius 3 is 2.43 bits per heavy atom. The Morgan fingerprint density at radius 2 is 1.74 bits per heavy atom. The Hall–Kier alpha value is -3.98. The van der Waals surface area contributed by atoms with Crippen molar-refractivity contribution in [2.45, 2.75) is 39.7 Å². The Morgan fingerprint density at radius 1 is 1.03 bits per heavy atom. The molecule has 4 aromatic rings. The molecular weight excluding hydrogens is 462 g/mol.